The number of anilines is 1. The van der Waals surface area contributed by atoms with Gasteiger partial charge in [0.1, 0.15) is 12.7 Å². The summed E-state index contributed by atoms with van der Waals surface area (Å²) in [7, 11) is -4.03. The topological polar surface area (TPSA) is 187 Å². The molecular weight excluding hydrogens is 637 g/mol. The van der Waals surface area contributed by atoms with Crippen LogP contribution in [0.2, 0.25) is 5.02 Å². The third-order valence-corrected chi connectivity index (χ3v) is 9.16. The average molecular weight is 670 g/mol. The quantitative estimate of drug-likeness (QED) is 0.163. The molecule has 3 aliphatic rings. The van der Waals surface area contributed by atoms with Gasteiger partial charge in [-0.1, -0.05) is 23.7 Å². The Morgan fingerprint density at radius 2 is 2.04 bits per heavy atom. The van der Waals surface area contributed by atoms with Crippen molar-refractivity contribution in [2.24, 2.45) is 0 Å². The molecule has 0 radical (unpaired) electrons. The van der Waals surface area contributed by atoms with Gasteiger partial charge in [0.15, 0.2) is 35.4 Å². The van der Waals surface area contributed by atoms with Gasteiger partial charge in [0.25, 0.3) is 0 Å². The van der Waals surface area contributed by atoms with Crippen LogP contribution in [0, 0.1) is 0 Å². The highest BCUT2D eigenvalue weighted by Crippen LogP contribution is 2.58. The number of halogens is 1. The van der Waals surface area contributed by atoms with Gasteiger partial charge in [-0.15, -0.1) is 0 Å². The smallest absolute Gasteiger partial charge is 0.471 e. The van der Waals surface area contributed by atoms with Gasteiger partial charge >= 0.3 is 14.0 Å². The van der Waals surface area contributed by atoms with Gasteiger partial charge in [-0.2, -0.15) is 9.97 Å². The van der Waals surface area contributed by atoms with Crippen LogP contribution >= 0.6 is 19.4 Å². The van der Waals surface area contributed by atoms with Crippen molar-refractivity contribution in [2.45, 2.75) is 63.6 Å². The molecule has 16 nitrogen and oxygen atoms in total. The molecule has 6 rings (SSSR count). The minimum atomic E-state index is -4.03. The maximum atomic E-state index is 13.5. The Morgan fingerprint density at radius 3 is 2.80 bits per heavy atom. The number of aromatic nitrogens is 4. The summed E-state index contributed by atoms with van der Waals surface area (Å²) in [5.74, 6) is 0.000627. The first-order valence-corrected chi connectivity index (χ1v) is 16.2. The lowest BCUT2D eigenvalue weighted by Crippen LogP contribution is -2.42. The molecule has 5 heterocycles. The molecular formula is C27H33ClN5O11P. The molecule has 3 aliphatic heterocycles. The number of nitrogens with zero attached hydrogens (tertiary/aromatic N) is 4. The number of carbonyl (C=O) groups is 1. The van der Waals surface area contributed by atoms with Crippen molar-refractivity contribution >= 4 is 42.7 Å². The van der Waals surface area contributed by atoms with E-state index in [0.29, 0.717) is 24.7 Å². The Kier molecular flexibility index (Phi) is 9.19. The van der Waals surface area contributed by atoms with Gasteiger partial charge in [-0.3, -0.25) is 18.1 Å². The third kappa shape index (κ3) is 6.46. The summed E-state index contributed by atoms with van der Waals surface area (Å²) in [6.07, 6.45) is -3.13. The van der Waals surface area contributed by atoms with E-state index < -0.39 is 50.4 Å². The maximum absolute atomic E-state index is 13.5. The lowest BCUT2D eigenvalue weighted by atomic mass is 9.96. The van der Waals surface area contributed by atoms with Crippen molar-refractivity contribution in [3.05, 3.63) is 41.2 Å². The molecule has 3 aromatic rings. The number of imidazole rings is 1. The highest BCUT2D eigenvalue weighted by atomic mass is 35.5. The van der Waals surface area contributed by atoms with Gasteiger partial charge < -0.3 is 34.2 Å². The monoisotopic (exact) mass is 669 g/mol. The summed E-state index contributed by atoms with van der Waals surface area (Å²) in [6.45, 7) is 6.00. The first kappa shape index (κ1) is 31.9. The van der Waals surface area contributed by atoms with Crippen molar-refractivity contribution < 1.29 is 51.4 Å². The predicted octanol–water partition coefficient (Wildman–Crippen LogP) is 4.33. The van der Waals surface area contributed by atoms with Gasteiger partial charge in [0, 0.05) is 24.7 Å². The van der Waals surface area contributed by atoms with Crippen LogP contribution in [0.5, 0.6) is 5.88 Å². The van der Waals surface area contributed by atoms with Crippen molar-refractivity contribution in [1.29, 1.82) is 0 Å². The second-order valence-electron chi connectivity index (χ2n) is 10.5. The van der Waals surface area contributed by atoms with E-state index in [-0.39, 0.29) is 42.8 Å². The van der Waals surface area contributed by atoms with Crippen LogP contribution in [0.15, 0.2) is 30.6 Å². The minimum Gasteiger partial charge on any atom is -0.471 e. The first-order chi connectivity index (χ1) is 21.6. The van der Waals surface area contributed by atoms with Gasteiger partial charge in [0.2, 0.25) is 11.8 Å². The second-order valence-corrected chi connectivity index (χ2v) is 12.5. The van der Waals surface area contributed by atoms with Crippen LogP contribution in [0.1, 0.15) is 45.1 Å². The van der Waals surface area contributed by atoms with Gasteiger partial charge in [-0.05, 0) is 38.5 Å². The number of nitrogens with two attached hydrogens (primary N) is 1. The van der Waals surface area contributed by atoms with E-state index in [4.69, 9.17) is 59.3 Å². The van der Waals surface area contributed by atoms with Crippen LogP contribution in [0.25, 0.3) is 11.2 Å². The Hall–Kier alpha value is -3.08. The summed E-state index contributed by atoms with van der Waals surface area (Å²) in [5, 5.41) is 0.518. The number of hydrogen-bond acceptors (Lipinski definition) is 15. The number of phosphoric ester groups is 1. The normalized spacial score (nSPS) is 29.6. The van der Waals surface area contributed by atoms with Crippen LogP contribution in [0.4, 0.5) is 10.7 Å². The summed E-state index contributed by atoms with van der Waals surface area (Å²) in [6, 6.07) is 7.05. The van der Waals surface area contributed by atoms with E-state index in [2.05, 4.69) is 15.0 Å². The molecule has 6 atom stereocenters. The maximum Gasteiger partial charge on any atom is 0.509 e. The number of hydrogen-bond donors (Lipinski definition) is 1. The number of phosphoric acid groups is 1. The largest absolute Gasteiger partial charge is 0.509 e. The molecule has 0 aliphatic carbocycles. The fourth-order valence-corrected chi connectivity index (χ4v) is 7.07. The fraction of sp³-hybridized carbons (Fsp3) is 0.556. The molecule has 0 bridgehead atoms. The zero-order valence-electron chi connectivity index (χ0n) is 24.7. The van der Waals surface area contributed by atoms with E-state index in [1.165, 1.54) is 10.9 Å². The van der Waals surface area contributed by atoms with E-state index in [1.54, 1.807) is 25.1 Å². The summed E-state index contributed by atoms with van der Waals surface area (Å²) >= 11 is 6.12. The molecule has 1 aromatic carbocycles. The van der Waals surface area contributed by atoms with E-state index in [0.717, 1.165) is 5.56 Å². The standard InChI is InChI=1S/C27H33ClN5O11P/c1-4-36-19(37-5-2)13-38-23-20-22(31-25(29)32-23)33(14-30-20)24-27(3)21(42-26(34)43-27)18(41-24)12-40-45(35)39-10-9-17(44-45)15-7-6-8-16(28)11-15/h6-8,11,14,17-19,21,24H,4-5,9-10,12-13H2,1-3H3,(H2,29,31,32). The number of fused-ring (bicyclic) bond motifs is 2. The van der Waals surface area contributed by atoms with E-state index >= 15 is 0 Å². The lowest BCUT2D eigenvalue weighted by molar-refractivity contribution is -0.152. The molecule has 3 saturated heterocycles. The lowest BCUT2D eigenvalue weighted by Gasteiger charge is -2.30. The van der Waals surface area contributed by atoms with Crippen molar-refractivity contribution in [3.63, 3.8) is 0 Å². The number of nitrogen functional groups attached to an aromatic ring is 1. The van der Waals surface area contributed by atoms with Crippen LogP contribution < -0.4 is 10.5 Å². The van der Waals surface area contributed by atoms with Gasteiger partial charge in [0.05, 0.1) is 25.6 Å². The van der Waals surface area contributed by atoms with Crippen LogP contribution in [-0.2, 0) is 41.8 Å². The van der Waals surface area contributed by atoms with Crippen LogP contribution in [-0.4, -0.2) is 82.8 Å². The summed E-state index contributed by atoms with van der Waals surface area (Å²) in [4.78, 5) is 25.3. The molecule has 2 N–H and O–H groups in total. The molecule has 3 fully saturated rings. The minimum absolute atomic E-state index is 0.0209. The van der Waals surface area contributed by atoms with E-state index in [1.807, 2.05) is 19.9 Å². The number of carbonyl (C=O) groups excluding carboxylic acids is 1. The average Bonchev–Trinajstić information content (AvgIpc) is 3.63. The zero-order valence-corrected chi connectivity index (χ0v) is 26.3. The Morgan fingerprint density at radius 1 is 1.24 bits per heavy atom. The Balaban J connectivity index is 1.21. The van der Waals surface area contributed by atoms with Gasteiger partial charge in [-0.25, -0.2) is 14.3 Å². The van der Waals surface area contributed by atoms with E-state index in [9.17, 15) is 9.36 Å². The molecule has 18 heteroatoms. The highest BCUT2D eigenvalue weighted by molar-refractivity contribution is 7.48. The molecule has 244 valence electrons. The molecule has 6 unspecified atom stereocenters. The van der Waals surface area contributed by atoms with Crippen molar-refractivity contribution in [2.75, 3.05) is 38.8 Å². The predicted molar refractivity (Wildman–Crippen MR) is 155 cm³/mol. The SMILES string of the molecule is CCOC(COc1nc(N)nc2c1ncn2C1OC(COP2(=O)OCCC(c3cccc(Cl)c3)O2)C2OC(=O)OC21C)OCC. The summed E-state index contributed by atoms with van der Waals surface area (Å²) in [5.41, 5.74) is 5.92. The van der Waals surface area contributed by atoms with Crippen molar-refractivity contribution in [3.8, 4) is 5.88 Å². The zero-order chi connectivity index (χ0) is 31.8. The Bertz CT molecular complexity index is 1590. The number of rotatable bonds is 12. The third-order valence-electron chi connectivity index (χ3n) is 7.45. The second kappa shape index (κ2) is 13.0. The summed E-state index contributed by atoms with van der Waals surface area (Å²) < 4.78 is 66.2. The Labute approximate surface area is 262 Å². The molecule has 0 amide bonds. The number of benzene rings is 1. The molecule has 0 saturated carbocycles. The fourth-order valence-electron chi connectivity index (χ4n) is 5.48. The van der Waals surface area contributed by atoms with Crippen molar-refractivity contribution in [1.82, 2.24) is 19.5 Å². The molecule has 0 spiro atoms. The molecule has 45 heavy (non-hydrogen) atoms. The molecule has 2 aromatic heterocycles. The number of ether oxygens (including phenoxy) is 6. The van der Waals surface area contributed by atoms with Crippen LogP contribution in [0.3, 0.4) is 0 Å². The first-order valence-electron chi connectivity index (χ1n) is 14.4. The highest BCUT2D eigenvalue weighted by Gasteiger charge is 2.64.